The number of hydrogen-bond donors (Lipinski definition) is 0. The van der Waals surface area contributed by atoms with Gasteiger partial charge in [0.05, 0.1) is 12.7 Å². The van der Waals surface area contributed by atoms with Gasteiger partial charge in [-0.1, -0.05) is 0 Å². The Morgan fingerprint density at radius 1 is 1.44 bits per heavy atom. The number of rotatable bonds is 3. The Balaban J connectivity index is 3.10. The molecule has 0 saturated heterocycles. The van der Waals surface area contributed by atoms with Gasteiger partial charge in [0, 0.05) is 6.07 Å². The first kappa shape index (κ1) is 13.3. The van der Waals surface area contributed by atoms with Crippen molar-refractivity contribution in [3.8, 4) is 11.6 Å². The lowest BCUT2D eigenvalue weighted by molar-refractivity contribution is -0.276. The molecule has 0 spiro atoms. The number of aromatic nitrogens is 1. The van der Waals surface area contributed by atoms with Gasteiger partial charge in [-0.05, 0) is 22.6 Å². The molecule has 0 atom stereocenters. The van der Waals surface area contributed by atoms with E-state index < -0.39 is 18.9 Å². The third-order valence-electron chi connectivity index (χ3n) is 1.58. The first-order valence-electron chi connectivity index (χ1n) is 3.92. The lowest BCUT2D eigenvalue weighted by Gasteiger charge is -2.12. The summed E-state index contributed by atoms with van der Waals surface area (Å²) in [4.78, 5) is 3.46. The minimum atomic E-state index is -4.83. The van der Waals surface area contributed by atoms with Crippen molar-refractivity contribution in [2.24, 2.45) is 0 Å². The second kappa shape index (κ2) is 5.02. The molecule has 0 bridgehead atoms. The van der Waals surface area contributed by atoms with Crippen LogP contribution in [-0.4, -0.2) is 18.5 Å². The predicted molar refractivity (Wildman–Crippen MR) is 55.0 cm³/mol. The maximum Gasteiger partial charge on any atom is 0.574 e. The zero-order chi connectivity index (χ0) is 12.3. The topological polar surface area (TPSA) is 31.4 Å². The Bertz CT molecular complexity index is 383. The summed E-state index contributed by atoms with van der Waals surface area (Å²) in [7, 11) is 1.22. The molecule has 8 heteroatoms. The number of alkyl halides is 4. The summed E-state index contributed by atoms with van der Waals surface area (Å²) in [6, 6.07) is 0.893. The normalized spacial score (nSPS) is 11.4. The molecule has 90 valence electrons. The lowest BCUT2D eigenvalue weighted by atomic mass is 10.3. The highest BCUT2D eigenvalue weighted by atomic mass is 127. The van der Waals surface area contributed by atoms with E-state index in [2.05, 4.69) is 9.72 Å². The van der Waals surface area contributed by atoms with Crippen molar-refractivity contribution >= 4 is 22.6 Å². The van der Waals surface area contributed by atoms with Crippen LogP contribution in [0, 0.1) is 3.70 Å². The number of ether oxygens (including phenoxy) is 2. The van der Waals surface area contributed by atoms with Crippen molar-refractivity contribution in [3.05, 3.63) is 15.3 Å². The average molecular weight is 351 g/mol. The Morgan fingerprint density at radius 3 is 2.50 bits per heavy atom. The molecular weight excluding hydrogens is 345 g/mol. The molecule has 0 aliphatic heterocycles. The van der Waals surface area contributed by atoms with E-state index in [-0.39, 0.29) is 15.0 Å². The van der Waals surface area contributed by atoms with Crippen molar-refractivity contribution in [3.63, 3.8) is 0 Å². The van der Waals surface area contributed by atoms with Gasteiger partial charge in [-0.2, -0.15) is 0 Å². The molecule has 0 amide bonds. The van der Waals surface area contributed by atoms with Crippen molar-refractivity contribution in [2.45, 2.75) is 13.0 Å². The molecule has 0 aliphatic rings. The first-order valence-corrected chi connectivity index (χ1v) is 5.00. The quantitative estimate of drug-likeness (QED) is 0.477. The van der Waals surface area contributed by atoms with E-state index >= 15 is 0 Å². The Kier molecular flexibility index (Phi) is 4.16. The summed E-state index contributed by atoms with van der Waals surface area (Å²) in [5, 5.41) is 0. The second-order valence-corrected chi connectivity index (χ2v) is 3.64. The van der Waals surface area contributed by atoms with Gasteiger partial charge in [0.1, 0.15) is 16.1 Å². The summed E-state index contributed by atoms with van der Waals surface area (Å²) in [5.74, 6) is -0.702. The number of nitrogens with zero attached hydrogens (tertiary/aromatic N) is 1. The van der Waals surface area contributed by atoms with E-state index in [1.807, 2.05) is 0 Å². The summed E-state index contributed by atoms with van der Waals surface area (Å²) < 4.78 is 56.7. The fourth-order valence-electron chi connectivity index (χ4n) is 0.971. The van der Waals surface area contributed by atoms with E-state index in [1.165, 1.54) is 7.11 Å². The third-order valence-corrected chi connectivity index (χ3v) is 2.48. The molecule has 1 rings (SSSR count). The van der Waals surface area contributed by atoms with E-state index in [9.17, 15) is 17.6 Å². The molecule has 1 aromatic heterocycles. The van der Waals surface area contributed by atoms with Gasteiger partial charge in [0.2, 0.25) is 5.88 Å². The molecular formula is C8H6F4INO2. The average Bonchev–Trinajstić information content (AvgIpc) is 2.14. The highest BCUT2D eigenvalue weighted by Gasteiger charge is 2.32. The minimum absolute atomic E-state index is 0.0267. The summed E-state index contributed by atoms with van der Waals surface area (Å²) in [5.41, 5.74) is 0.0950. The molecule has 0 fully saturated rings. The maximum atomic E-state index is 12.5. The Morgan fingerprint density at radius 2 is 2.06 bits per heavy atom. The molecule has 0 unspecified atom stereocenters. The van der Waals surface area contributed by atoms with E-state index in [0.29, 0.717) is 0 Å². The number of halogens is 5. The summed E-state index contributed by atoms with van der Waals surface area (Å²) >= 11 is 1.61. The highest BCUT2D eigenvalue weighted by molar-refractivity contribution is 14.1. The lowest BCUT2D eigenvalue weighted by Crippen LogP contribution is -2.18. The molecule has 3 nitrogen and oxygen atoms in total. The monoisotopic (exact) mass is 351 g/mol. The molecule has 0 saturated carbocycles. The van der Waals surface area contributed by atoms with Crippen LogP contribution in [0.4, 0.5) is 17.6 Å². The summed E-state index contributed by atoms with van der Waals surface area (Å²) in [6.07, 6.45) is -4.83. The first-order chi connectivity index (χ1) is 7.37. The molecule has 0 N–H and O–H groups in total. The van der Waals surface area contributed by atoms with Crippen LogP contribution in [0.5, 0.6) is 11.6 Å². The Labute approximate surface area is 102 Å². The number of hydrogen-bond acceptors (Lipinski definition) is 3. The van der Waals surface area contributed by atoms with Crippen molar-refractivity contribution in [2.75, 3.05) is 7.11 Å². The van der Waals surface area contributed by atoms with Gasteiger partial charge in [-0.15, -0.1) is 13.2 Å². The van der Waals surface area contributed by atoms with E-state index in [1.54, 1.807) is 22.6 Å². The Hall–Kier alpha value is -0.800. The minimum Gasteiger partial charge on any atom is -0.496 e. The van der Waals surface area contributed by atoms with Crippen molar-refractivity contribution in [1.82, 2.24) is 4.98 Å². The van der Waals surface area contributed by atoms with Crippen LogP contribution in [0.3, 0.4) is 0 Å². The van der Waals surface area contributed by atoms with Crippen LogP contribution in [0.2, 0.25) is 0 Å². The van der Waals surface area contributed by atoms with Crippen LogP contribution in [0.15, 0.2) is 6.07 Å². The molecule has 1 heterocycles. The van der Waals surface area contributed by atoms with Gasteiger partial charge in [-0.25, -0.2) is 9.37 Å². The molecule has 1 aromatic rings. The molecule has 0 aliphatic carbocycles. The molecule has 0 radical (unpaired) electrons. The van der Waals surface area contributed by atoms with Gasteiger partial charge in [0.25, 0.3) is 0 Å². The fourth-order valence-corrected chi connectivity index (χ4v) is 1.62. The predicted octanol–water partition coefficient (Wildman–Crippen LogP) is 3.06. The standard InChI is InChI=1S/C8H6F4INO2/c1-15-5-2-6(16-8(10,11)12)14-7(13)4(5)3-9/h2H,3H2,1H3. The fraction of sp³-hybridized carbons (Fsp3) is 0.375. The van der Waals surface area contributed by atoms with Gasteiger partial charge in [0.15, 0.2) is 0 Å². The smallest absolute Gasteiger partial charge is 0.496 e. The highest BCUT2D eigenvalue weighted by Crippen LogP contribution is 2.30. The van der Waals surface area contributed by atoms with Crippen LogP contribution in [-0.2, 0) is 6.67 Å². The van der Waals surface area contributed by atoms with Crippen LogP contribution in [0.1, 0.15) is 5.56 Å². The molecule has 0 aromatic carbocycles. The number of pyridine rings is 1. The summed E-state index contributed by atoms with van der Waals surface area (Å²) in [6.45, 7) is -0.874. The van der Waals surface area contributed by atoms with Gasteiger partial charge >= 0.3 is 6.36 Å². The van der Waals surface area contributed by atoms with Gasteiger partial charge < -0.3 is 9.47 Å². The second-order valence-electron chi connectivity index (χ2n) is 2.61. The zero-order valence-electron chi connectivity index (χ0n) is 7.94. The maximum absolute atomic E-state index is 12.5. The SMILES string of the molecule is COc1cc(OC(F)(F)F)nc(I)c1CF. The van der Waals surface area contributed by atoms with Crippen molar-refractivity contribution in [1.29, 1.82) is 0 Å². The van der Waals surface area contributed by atoms with Crippen LogP contribution < -0.4 is 9.47 Å². The zero-order valence-corrected chi connectivity index (χ0v) is 10.1. The van der Waals surface area contributed by atoms with E-state index in [4.69, 9.17) is 4.74 Å². The van der Waals surface area contributed by atoms with Gasteiger partial charge in [-0.3, -0.25) is 0 Å². The van der Waals surface area contributed by atoms with Crippen molar-refractivity contribution < 1.29 is 27.0 Å². The third kappa shape index (κ3) is 3.35. The number of methoxy groups -OCH3 is 1. The molecule has 16 heavy (non-hydrogen) atoms. The largest absolute Gasteiger partial charge is 0.574 e. The van der Waals surface area contributed by atoms with Crippen LogP contribution in [0.25, 0.3) is 0 Å². The van der Waals surface area contributed by atoms with Crippen LogP contribution >= 0.6 is 22.6 Å². The van der Waals surface area contributed by atoms with E-state index in [0.717, 1.165) is 6.07 Å².